The molecular formula is C36H39ClN4O10. The van der Waals surface area contributed by atoms with E-state index in [1.807, 2.05) is 6.92 Å². The minimum atomic E-state index is -0.799. The number of hydrazone groups is 1. The Morgan fingerprint density at radius 1 is 0.882 bits per heavy atom. The maximum absolute atomic E-state index is 12.7. The lowest BCUT2D eigenvalue weighted by Gasteiger charge is -2.28. The van der Waals surface area contributed by atoms with Gasteiger partial charge in [-0.15, -0.1) is 0 Å². The van der Waals surface area contributed by atoms with E-state index in [1.165, 1.54) is 13.3 Å². The van der Waals surface area contributed by atoms with Crippen molar-refractivity contribution < 1.29 is 47.6 Å². The Morgan fingerprint density at radius 3 is 2.29 bits per heavy atom. The summed E-state index contributed by atoms with van der Waals surface area (Å²) in [6.45, 7) is 7.44. The molecule has 4 rings (SSSR count). The number of hydrogen-bond acceptors (Lipinski definition) is 11. The molecule has 3 N–H and O–H groups in total. The molecule has 270 valence electrons. The van der Waals surface area contributed by atoms with Crippen LogP contribution in [0, 0.1) is 0 Å². The summed E-state index contributed by atoms with van der Waals surface area (Å²) in [6.07, 6.45) is 1.39. The molecule has 1 aliphatic rings. The van der Waals surface area contributed by atoms with Gasteiger partial charge < -0.3 is 39.1 Å². The van der Waals surface area contributed by atoms with E-state index in [4.69, 9.17) is 40.0 Å². The van der Waals surface area contributed by atoms with E-state index in [2.05, 4.69) is 21.2 Å². The third-order valence-electron chi connectivity index (χ3n) is 7.23. The topological polar surface area (TPSA) is 172 Å². The van der Waals surface area contributed by atoms with Crippen molar-refractivity contribution in [3.05, 3.63) is 93.1 Å². The van der Waals surface area contributed by atoms with Gasteiger partial charge in [-0.3, -0.25) is 4.79 Å². The van der Waals surface area contributed by atoms with Gasteiger partial charge in [-0.25, -0.2) is 19.8 Å². The molecule has 1 heterocycles. The Balaban J connectivity index is 1.37. The van der Waals surface area contributed by atoms with E-state index in [0.717, 1.165) is 5.56 Å². The summed E-state index contributed by atoms with van der Waals surface area (Å²) in [6, 6.07) is 13.7. The van der Waals surface area contributed by atoms with Crippen molar-refractivity contribution in [1.29, 1.82) is 0 Å². The zero-order valence-electron chi connectivity index (χ0n) is 28.8. The van der Waals surface area contributed by atoms with Crippen molar-refractivity contribution in [1.82, 2.24) is 16.1 Å². The summed E-state index contributed by atoms with van der Waals surface area (Å²) in [7, 11) is 1.42. The van der Waals surface area contributed by atoms with Crippen LogP contribution in [0.1, 0.15) is 60.8 Å². The van der Waals surface area contributed by atoms with Crippen LogP contribution in [0.5, 0.6) is 23.0 Å². The van der Waals surface area contributed by atoms with Crippen LogP contribution in [-0.2, 0) is 25.7 Å². The van der Waals surface area contributed by atoms with Crippen molar-refractivity contribution in [2.24, 2.45) is 5.10 Å². The maximum atomic E-state index is 12.7. The number of benzene rings is 3. The van der Waals surface area contributed by atoms with E-state index in [1.54, 1.807) is 75.4 Å². The van der Waals surface area contributed by atoms with Gasteiger partial charge in [-0.2, -0.15) is 5.10 Å². The predicted octanol–water partition coefficient (Wildman–Crippen LogP) is 5.22. The largest absolute Gasteiger partial charge is 0.493 e. The van der Waals surface area contributed by atoms with Gasteiger partial charge in [-0.1, -0.05) is 29.8 Å². The SMILES string of the molecule is CCOC(=O)C1=C(C)NC(=O)N[C@H]1c1ccc(OCC(=O)N/N=C/c2cc(Cl)c(OCc3ccc(C(=O)OCC)cc3)c(OCC)c2)c(OC)c1. The zero-order chi connectivity index (χ0) is 36.9. The molecule has 0 aliphatic carbocycles. The number of methoxy groups -OCH3 is 1. The lowest BCUT2D eigenvalue weighted by Crippen LogP contribution is -2.45. The fraction of sp³-hybridized carbons (Fsp3) is 0.306. The van der Waals surface area contributed by atoms with E-state index in [0.29, 0.717) is 47.1 Å². The molecule has 0 fully saturated rings. The van der Waals surface area contributed by atoms with Crippen LogP contribution in [0.2, 0.25) is 5.02 Å². The number of nitrogens with one attached hydrogen (secondary N) is 3. The van der Waals surface area contributed by atoms with Crippen LogP contribution < -0.4 is 35.0 Å². The first kappa shape index (κ1) is 38.0. The number of rotatable bonds is 16. The molecule has 1 aliphatic heterocycles. The first-order valence-electron chi connectivity index (χ1n) is 16.0. The highest BCUT2D eigenvalue weighted by Crippen LogP contribution is 2.37. The first-order chi connectivity index (χ1) is 24.6. The molecule has 0 bridgehead atoms. The van der Waals surface area contributed by atoms with Crippen molar-refractivity contribution in [2.45, 2.75) is 40.3 Å². The standard InChI is InChI=1S/C36H39ClN4O10/c1-6-47-29-16-23(15-26(37)33(29)51-19-22-9-11-24(12-10-22)34(43)48-7-2)18-38-41-30(42)20-50-27-14-13-25(17-28(27)46-5)32-31(35(44)49-8-3)21(4)39-36(45)40-32/h9-18,32H,6-8,19-20H2,1-5H3,(H,41,42)(H2,39,40,45)/b38-18+/t32-/m0/s1. The number of urea groups is 1. The molecule has 51 heavy (non-hydrogen) atoms. The highest BCUT2D eigenvalue weighted by molar-refractivity contribution is 6.32. The fourth-order valence-electron chi connectivity index (χ4n) is 4.93. The minimum absolute atomic E-state index is 0.167. The number of carbonyl (C=O) groups is 4. The lowest BCUT2D eigenvalue weighted by atomic mass is 9.95. The number of esters is 2. The molecule has 0 saturated carbocycles. The molecule has 3 aromatic carbocycles. The first-order valence-corrected chi connectivity index (χ1v) is 16.4. The Kier molecular flexibility index (Phi) is 13.6. The van der Waals surface area contributed by atoms with Crippen LogP contribution in [0.4, 0.5) is 4.79 Å². The molecule has 0 unspecified atom stereocenters. The quantitative estimate of drug-likeness (QED) is 0.101. The molecular weight excluding hydrogens is 684 g/mol. The van der Waals surface area contributed by atoms with Crippen molar-refractivity contribution >= 4 is 41.7 Å². The molecule has 0 radical (unpaired) electrons. The van der Waals surface area contributed by atoms with Gasteiger partial charge >= 0.3 is 18.0 Å². The lowest BCUT2D eigenvalue weighted by molar-refractivity contribution is -0.139. The summed E-state index contributed by atoms with van der Waals surface area (Å²) in [5.41, 5.74) is 5.33. The maximum Gasteiger partial charge on any atom is 0.338 e. The fourth-order valence-corrected chi connectivity index (χ4v) is 5.21. The van der Waals surface area contributed by atoms with Gasteiger partial charge in [-0.05, 0) is 80.8 Å². The van der Waals surface area contributed by atoms with Crippen LogP contribution >= 0.6 is 11.6 Å². The average molecular weight is 723 g/mol. The number of allylic oxidation sites excluding steroid dienone is 1. The molecule has 0 saturated heterocycles. The molecule has 0 aromatic heterocycles. The summed E-state index contributed by atoms with van der Waals surface area (Å²) in [5, 5.41) is 9.58. The second kappa shape index (κ2) is 18.3. The summed E-state index contributed by atoms with van der Waals surface area (Å²) < 4.78 is 33.0. The van der Waals surface area contributed by atoms with Gasteiger partial charge in [0.05, 0.1) is 55.3 Å². The van der Waals surface area contributed by atoms with Crippen LogP contribution in [0.25, 0.3) is 0 Å². The van der Waals surface area contributed by atoms with Gasteiger partial charge in [0.1, 0.15) is 6.61 Å². The molecule has 14 nitrogen and oxygen atoms in total. The molecule has 3 amide bonds. The zero-order valence-corrected chi connectivity index (χ0v) is 29.5. The minimum Gasteiger partial charge on any atom is -0.493 e. The number of nitrogens with zero attached hydrogens (tertiary/aromatic N) is 1. The second-order valence-electron chi connectivity index (χ2n) is 10.8. The van der Waals surface area contributed by atoms with E-state index in [-0.39, 0.29) is 35.3 Å². The highest BCUT2D eigenvalue weighted by Gasteiger charge is 2.32. The van der Waals surface area contributed by atoms with E-state index < -0.39 is 36.5 Å². The summed E-state index contributed by atoms with van der Waals surface area (Å²) in [4.78, 5) is 49.3. The normalized spacial score (nSPS) is 13.9. The molecule has 3 aromatic rings. The molecule has 15 heteroatoms. The third-order valence-corrected chi connectivity index (χ3v) is 7.51. The number of hydrogen-bond donors (Lipinski definition) is 3. The Labute approximate surface area is 300 Å². The van der Waals surface area contributed by atoms with E-state index >= 15 is 0 Å². The van der Waals surface area contributed by atoms with Gasteiger partial charge in [0, 0.05) is 5.70 Å². The number of carbonyl (C=O) groups excluding carboxylic acids is 4. The Bertz CT molecular complexity index is 1810. The van der Waals surface area contributed by atoms with Crippen molar-refractivity contribution in [2.75, 3.05) is 33.5 Å². The Morgan fingerprint density at radius 2 is 1.61 bits per heavy atom. The van der Waals surface area contributed by atoms with Crippen molar-refractivity contribution in [3.8, 4) is 23.0 Å². The monoisotopic (exact) mass is 722 g/mol. The molecule has 1 atom stereocenters. The summed E-state index contributed by atoms with van der Waals surface area (Å²) >= 11 is 6.54. The Hall–Kier alpha value is -5.76. The predicted molar refractivity (Wildman–Crippen MR) is 187 cm³/mol. The van der Waals surface area contributed by atoms with Crippen LogP contribution in [0.3, 0.4) is 0 Å². The number of ether oxygens (including phenoxy) is 6. The second-order valence-corrected chi connectivity index (χ2v) is 11.2. The number of amides is 3. The summed E-state index contributed by atoms with van der Waals surface area (Å²) in [5.74, 6) is -0.302. The van der Waals surface area contributed by atoms with Crippen LogP contribution in [-0.4, -0.2) is 63.6 Å². The van der Waals surface area contributed by atoms with Crippen molar-refractivity contribution in [3.63, 3.8) is 0 Å². The average Bonchev–Trinajstić information content (AvgIpc) is 3.10. The van der Waals surface area contributed by atoms with Gasteiger partial charge in [0.25, 0.3) is 5.91 Å². The highest BCUT2D eigenvalue weighted by atomic mass is 35.5. The number of halogens is 1. The molecule has 0 spiro atoms. The van der Waals surface area contributed by atoms with Crippen LogP contribution in [0.15, 0.2) is 71.0 Å². The van der Waals surface area contributed by atoms with Gasteiger partial charge in [0.15, 0.2) is 29.6 Å². The van der Waals surface area contributed by atoms with Gasteiger partial charge in [0.2, 0.25) is 0 Å². The van der Waals surface area contributed by atoms with E-state index in [9.17, 15) is 19.2 Å². The smallest absolute Gasteiger partial charge is 0.338 e. The third kappa shape index (κ3) is 10.1.